The van der Waals surface area contributed by atoms with E-state index in [1.54, 1.807) is 0 Å². The summed E-state index contributed by atoms with van der Waals surface area (Å²) >= 11 is 17.1. The maximum atomic E-state index is 4.37. The first-order valence-corrected chi connectivity index (χ1v) is 6.58. The first-order valence-electron chi connectivity index (χ1n) is 4.28. The molecule has 2 unspecified atom stereocenters. The zero-order valence-electron chi connectivity index (χ0n) is 7.19. The minimum atomic E-state index is 0.461. The van der Waals surface area contributed by atoms with Gasteiger partial charge in [-0.05, 0) is 12.8 Å². The number of unbranched alkanes of at least 4 members (excludes halogenated alkanes) is 1. The molecule has 0 radical (unpaired) electrons. The highest BCUT2D eigenvalue weighted by molar-refractivity contribution is 7.85. The summed E-state index contributed by atoms with van der Waals surface area (Å²) in [6, 6.07) is 0. The van der Waals surface area contributed by atoms with Gasteiger partial charge in [0, 0.05) is 22.0 Å². The Balaban J connectivity index is 3.10. The molecule has 0 rings (SSSR count). The van der Waals surface area contributed by atoms with E-state index in [2.05, 4.69) is 50.5 Å². The molecule has 0 spiro atoms. The van der Waals surface area contributed by atoms with Crippen molar-refractivity contribution in [3.8, 4) is 0 Å². The third-order valence-corrected chi connectivity index (χ3v) is 4.09. The molecule has 74 valence electrons. The van der Waals surface area contributed by atoms with Gasteiger partial charge in [0.15, 0.2) is 0 Å². The van der Waals surface area contributed by atoms with Crippen LogP contribution in [-0.2, 0) is 0 Å². The molecule has 2 atom stereocenters. The normalized spacial score (nSPS) is 16.0. The summed E-state index contributed by atoms with van der Waals surface area (Å²) in [4.78, 5) is 0. The van der Waals surface area contributed by atoms with Crippen LogP contribution in [0.5, 0.6) is 0 Å². The van der Waals surface area contributed by atoms with Crippen LogP contribution in [0.2, 0.25) is 0 Å². The molecule has 0 nitrogen and oxygen atoms in total. The average Bonchev–Trinajstić information content (AvgIpc) is 2.11. The fraction of sp³-hybridized carbons (Fsp3) is 1.00. The molecule has 0 bridgehead atoms. The van der Waals surface area contributed by atoms with Gasteiger partial charge in [0.1, 0.15) is 0 Å². The molecule has 0 aromatic rings. The van der Waals surface area contributed by atoms with Crippen LogP contribution < -0.4 is 0 Å². The molecule has 0 saturated carbocycles. The standard InChI is InChI=1S/C8H18S4/c9-5-7(11)3-1-2-4-8(12)6-10/h7-12H,1-6H2. The summed E-state index contributed by atoms with van der Waals surface area (Å²) in [5.41, 5.74) is 0. The Bertz CT molecular complexity index is 85.1. The van der Waals surface area contributed by atoms with Crippen LogP contribution >= 0.6 is 50.5 Å². The zero-order valence-corrected chi connectivity index (χ0v) is 10.8. The first kappa shape index (κ1) is 13.4. The van der Waals surface area contributed by atoms with Crippen molar-refractivity contribution >= 4 is 50.5 Å². The Kier molecular flexibility index (Phi) is 10.0. The summed E-state index contributed by atoms with van der Waals surface area (Å²) in [6.07, 6.45) is 4.80. The second kappa shape index (κ2) is 8.97. The summed E-state index contributed by atoms with van der Waals surface area (Å²) in [7, 11) is 0. The van der Waals surface area contributed by atoms with E-state index in [0.29, 0.717) is 10.5 Å². The van der Waals surface area contributed by atoms with Crippen LogP contribution in [0.4, 0.5) is 0 Å². The molecular formula is C8H18S4. The summed E-state index contributed by atoms with van der Waals surface area (Å²) in [6.45, 7) is 0. The van der Waals surface area contributed by atoms with Crippen molar-refractivity contribution in [3.63, 3.8) is 0 Å². The van der Waals surface area contributed by atoms with E-state index < -0.39 is 0 Å². The molecule has 0 aliphatic rings. The molecule has 12 heavy (non-hydrogen) atoms. The van der Waals surface area contributed by atoms with Gasteiger partial charge in [-0.1, -0.05) is 12.8 Å². The van der Waals surface area contributed by atoms with E-state index in [-0.39, 0.29) is 0 Å². The van der Waals surface area contributed by atoms with E-state index in [9.17, 15) is 0 Å². The molecule has 0 aliphatic heterocycles. The van der Waals surface area contributed by atoms with Crippen molar-refractivity contribution in [2.75, 3.05) is 11.5 Å². The van der Waals surface area contributed by atoms with Crippen LogP contribution in [0.25, 0.3) is 0 Å². The topological polar surface area (TPSA) is 0 Å². The molecular weight excluding hydrogens is 224 g/mol. The predicted molar refractivity (Wildman–Crippen MR) is 71.7 cm³/mol. The second-order valence-electron chi connectivity index (χ2n) is 2.96. The highest BCUT2D eigenvalue weighted by Gasteiger charge is 2.02. The molecule has 0 N–H and O–H groups in total. The van der Waals surface area contributed by atoms with Gasteiger partial charge < -0.3 is 0 Å². The quantitative estimate of drug-likeness (QED) is 0.383. The van der Waals surface area contributed by atoms with Gasteiger partial charge in [-0.2, -0.15) is 50.5 Å². The van der Waals surface area contributed by atoms with Gasteiger partial charge in [-0.15, -0.1) is 0 Å². The first-order chi connectivity index (χ1) is 5.70. The molecule has 0 amide bonds. The van der Waals surface area contributed by atoms with Crippen LogP contribution in [-0.4, -0.2) is 22.0 Å². The minimum absolute atomic E-state index is 0.461. The zero-order chi connectivity index (χ0) is 9.40. The summed E-state index contributed by atoms with van der Waals surface area (Å²) in [5, 5.41) is 0.922. The van der Waals surface area contributed by atoms with Crippen LogP contribution in [0, 0.1) is 0 Å². The van der Waals surface area contributed by atoms with E-state index in [1.165, 1.54) is 25.7 Å². The van der Waals surface area contributed by atoms with Gasteiger partial charge in [0.2, 0.25) is 0 Å². The smallest absolute Gasteiger partial charge is 0.0105 e. The van der Waals surface area contributed by atoms with Crippen molar-refractivity contribution in [2.45, 2.75) is 36.2 Å². The van der Waals surface area contributed by atoms with Gasteiger partial charge in [-0.25, -0.2) is 0 Å². The fourth-order valence-corrected chi connectivity index (χ4v) is 1.67. The minimum Gasteiger partial charge on any atom is -0.178 e. The van der Waals surface area contributed by atoms with E-state index >= 15 is 0 Å². The van der Waals surface area contributed by atoms with Gasteiger partial charge in [-0.3, -0.25) is 0 Å². The van der Waals surface area contributed by atoms with Crippen molar-refractivity contribution in [1.82, 2.24) is 0 Å². The lowest BCUT2D eigenvalue weighted by Crippen LogP contribution is -2.03. The molecule has 0 aliphatic carbocycles. The number of hydrogen-bond acceptors (Lipinski definition) is 4. The lowest BCUT2D eigenvalue weighted by molar-refractivity contribution is 0.644. The third-order valence-electron chi connectivity index (χ3n) is 1.75. The highest BCUT2D eigenvalue weighted by atomic mass is 32.1. The maximum absolute atomic E-state index is 4.37. The van der Waals surface area contributed by atoms with Crippen molar-refractivity contribution in [3.05, 3.63) is 0 Å². The highest BCUT2D eigenvalue weighted by Crippen LogP contribution is 2.13. The Morgan fingerprint density at radius 2 is 1.08 bits per heavy atom. The van der Waals surface area contributed by atoms with E-state index in [0.717, 1.165) is 11.5 Å². The lowest BCUT2D eigenvalue weighted by Gasteiger charge is -2.08. The van der Waals surface area contributed by atoms with Crippen molar-refractivity contribution < 1.29 is 0 Å². The monoisotopic (exact) mass is 242 g/mol. The van der Waals surface area contributed by atoms with E-state index in [1.807, 2.05) is 0 Å². The Labute approximate surface area is 97.9 Å². The number of thiol groups is 4. The Morgan fingerprint density at radius 1 is 0.750 bits per heavy atom. The van der Waals surface area contributed by atoms with Gasteiger partial charge in [0.05, 0.1) is 0 Å². The molecule has 0 aromatic carbocycles. The van der Waals surface area contributed by atoms with E-state index in [4.69, 9.17) is 0 Å². The van der Waals surface area contributed by atoms with Crippen molar-refractivity contribution in [2.24, 2.45) is 0 Å². The maximum Gasteiger partial charge on any atom is 0.0105 e. The largest absolute Gasteiger partial charge is 0.178 e. The molecule has 0 fully saturated rings. The van der Waals surface area contributed by atoms with Crippen LogP contribution in [0.1, 0.15) is 25.7 Å². The van der Waals surface area contributed by atoms with Crippen molar-refractivity contribution in [1.29, 1.82) is 0 Å². The Hall–Kier alpha value is 1.40. The predicted octanol–water partition coefficient (Wildman–Crippen LogP) is 3.00. The van der Waals surface area contributed by atoms with Gasteiger partial charge >= 0.3 is 0 Å². The molecule has 0 heterocycles. The number of rotatable bonds is 7. The molecule has 4 heteroatoms. The summed E-state index contributed by atoms with van der Waals surface area (Å²) < 4.78 is 0. The fourth-order valence-electron chi connectivity index (χ4n) is 0.942. The van der Waals surface area contributed by atoms with Gasteiger partial charge in [0.25, 0.3) is 0 Å². The second-order valence-corrected chi connectivity index (χ2v) is 5.15. The number of hydrogen-bond donors (Lipinski definition) is 4. The van der Waals surface area contributed by atoms with Crippen LogP contribution in [0.15, 0.2) is 0 Å². The lowest BCUT2D eigenvalue weighted by atomic mass is 10.1. The molecule has 0 saturated heterocycles. The third kappa shape index (κ3) is 8.02. The average molecular weight is 242 g/mol. The Morgan fingerprint density at radius 3 is 1.33 bits per heavy atom. The van der Waals surface area contributed by atoms with Crippen LogP contribution in [0.3, 0.4) is 0 Å². The SMILES string of the molecule is SCC(S)CCCCC(S)CS. The molecule has 0 aromatic heterocycles. The summed E-state index contributed by atoms with van der Waals surface area (Å²) in [5.74, 6) is 1.75.